The lowest BCUT2D eigenvalue weighted by molar-refractivity contribution is 0.224. The van der Waals surface area contributed by atoms with Crippen molar-refractivity contribution in [3.05, 3.63) is 17.4 Å². The third-order valence-corrected chi connectivity index (χ3v) is 2.47. The van der Waals surface area contributed by atoms with Gasteiger partial charge >= 0.3 is 0 Å². The van der Waals surface area contributed by atoms with Crippen molar-refractivity contribution in [3.8, 4) is 0 Å². The molecule has 5 heteroatoms. The molecule has 0 saturated heterocycles. The Morgan fingerprint density at radius 1 is 1.71 bits per heavy atom. The van der Waals surface area contributed by atoms with Gasteiger partial charge in [0.25, 0.3) is 0 Å². The second-order valence-electron chi connectivity index (χ2n) is 3.70. The quantitative estimate of drug-likeness (QED) is 0.759. The Morgan fingerprint density at radius 3 is 3.00 bits per heavy atom. The fourth-order valence-electron chi connectivity index (χ4n) is 1.41. The second kappa shape index (κ2) is 4.29. The van der Waals surface area contributed by atoms with E-state index in [9.17, 15) is 0 Å². The molecule has 0 aliphatic heterocycles. The van der Waals surface area contributed by atoms with Gasteiger partial charge in [0.05, 0.1) is 30.4 Å². The molecule has 0 radical (unpaired) electrons. The molecular formula is C9H14ClN3O. The van der Waals surface area contributed by atoms with Gasteiger partial charge in [0.2, 0.25) is 0 Å². The van der Waals surface area contributed by atoms with E-state index in [0.717, 1.165) is 0 Å². The first-order chi connectivity index (χ1) is 6.78. The van der Waals surface area contributed by atoms with Gasteiger partial charge in [0.1, 0.15) is 0 Å². The molecule has 1 atom stereocenters. The summed E-state index contributed by atoms with van der Waals surface area (Å²) in [6.07, 6.45) is 5.80. The number of nitrogens with one attached hydrogen (secondary N) is 1. The number of aliphatic hydroxyl groups is 1. The topological polar surface area (TPSA) is 50.1 Å². The van der Waals surface area contributed by atoms with Crippen LogP contribution in [0.3, 0.4) is 0 Å². The molecule has 0 bridgehead atoms. The fourth-order valence-corrected chi connectivity index (χ4v) is 1.57. The molecule has 78 valence electrons. The number of rotatable bonds is 5. The van der Waals surface area contributed by atoms with Crippen molar-refractivity contribution in [3.63, 3.8) is 0 Å². The van der Waals surface area contributed by atoms with E-state index in [4.69, 9.17) is 16.7 Å². The average Bonchev–Trinajstić information content (AvgIpc) is 2.89. The van der Waals surface area contributed by atoms with E-state index in [2.05, 4.69) is 10.4 Å². The van der Waals surface area contributed by atoms with Crippen molar-refractivity contribution in [2.45, 2.75) is 31.5 Å². The van der Waals surface area contributed by atoms with E-state index in [1.54, 1.807) is 17.1 Å². The molecule has 2 rings (SSSR count). The lowest BCUT2D eigenvalue weighted by atomic mass is 10.3. The number of halogens is 1. The van der Waals surface area contributed by atoms with Crippen LogP contribution < -0.4 is 5.32 Å². The number of aromatic nitrogens is 2. The molecule has 2 N–H and O–H groups in total. The van der Waals surface area contributed by atoms with Crippen LogP contribution in [0.2, 0.25) is 5.02 Å². The highest BCUT2D eigenvalue weighted by atomic mass is 35.5. The number of nitrogens with zero attached hydrogens (tertiary/aromatic N) is 2. The van der Waals surface area contributed by atoms with E-state index in [0.29, 0.717) is 17.6 Å². The van der Waals surface area contributed by atoms with E-state index in [1.165, 1.54) is 12.8 Å². The molecule has 1 aliphatic rings. The molecule has 0 aromatic carbocycles. The summed E-state index contributed by atoms with van der Waals surface area (Å²) >= 11 is 5.74. The number of hydrogen-bond donors (Lipinski definition) is 2. The zero-order valence-corrected chi connectivity index (χ0v) is 8.61. The molecule has 0 amide bonds. The lowest BCUT2D eigenvalue weighted by Gasteiger charge is -2.15. The Kier molecular flexibility index (Phi) is 3.05. The van der Waals surface area contributed by atoms with Crippen molar-refractivity contribution < 1.29 is 5.11 Å². The van der Waals surface area contributed by atoms with E-state index < -0.39 is 0 Å². The summed E-state index contributed by atoms with van der Waals surface area (Å²) in [5.74, 6) is 0. The third-order valence-electron chi connectivity index (χ3n) is 2.28. The Morgan fingerprint density at radius 2 is 2.50 bits per heavy atom. The van der Waals surface area contributed by atoms with Crippen LogP contribution in [-0.2, 0) is 6.54 Å². The zero-order valence-electron chi connectivity index (χ0n) is 7.86. The predicted octanol–water partition coefficient (Wildman–Crippen LogP) is 0.649. The first-order valence-corrected chi connectivity index (χ1v) is 5.20. The first kappa shape index (κ1) is 9.96. The summed E-state index contributed by atoms with van der Waals surface area (Å²) in [6, 6.07) is 0.677. The highest BCUT2D eigenvalue weighted by Crippen LogP contribution is 2.19. The highest BCUT2D eigenvalue weighted by Gasteiger charge is 2.24. The molecule has 1 aromatic heterocycles. The minimum Gasteiger partial charge on any atom is -0.395 e. The SMILES string of the molecule is OCC(Cn1cc(Cl)cn1)NC1CC1. The highest BCUT2D eigenvalue weighted by molar-refractivity contribution is 6.30. The Labute approximate surface area is 87.9 Å². The standard InChI is InChI=1S/C9H14ClN3O/c10-7-3-11-13(4-7)5-9(6-14)12-8-1-2-8/h3-4,8-9,12,14H,1-2,5-6H2. The Bertz CT molecular complexity index is 298. The monoisotopic (exact) mass is 215 g/mol. The lowest BCUT2D eigenvalue weighted by Crippen LogP contribution is -2.37. The largest absolute Gasteiger partial charge is 0.395 e. The van der Waals surface area contributed by atoms with Crippen LogP contribution in [0.5, 0.6) is 0 Å². The van der Waals surface area contributed by atoms with Gasteiger partial charge in [-0.1, -0.05) is 11.6 Å². The third kappa shape index (κ3) is 2.70. The Hall–Kier alpha value is -0.580. The van der Waals surface area contributed by atoms with Crippen LogP contribution >= 0.6 is 11.6 Å². The number of aliphatic hydroxyl groups excluding tert-OH is 1. The molecular weight excluding hydrogens is 202 g/mol. The molecule has 4 nitrogen and oxygen atoms in total. The van der Waals surface area contributed by atoms with Gasteiger partial charge in [-0.25, -0.2) is 0 Å². The van der Waals surface area contributed by atoms with Gasteiger partial charge in [-0.15, -0.1) is 0 Å². The van der Waals surface area contributed by atoms with Gasteiger partial charge in [-0.2, -0.15) is 5.10 Å². The molecule has 1 aliphatic carbocycles. The molecule has 1 saturated carbocycles. The molecule has 1 heterocycles. The fraction of sp³-hybridized carbons (Fsp3) is 0.667. The second-order valence-corrected chi connectivity index (χ2v) is 4.14. The first-order valence-electron chi connectivity index (χ1n) is 4.83. The van der Waals surface area contributed by atoms with Crippen LogP contribution in [-0.4, -0.2) is 33.6 Å². The Balaban J connectivity index is 1.86. The summed E-state index contributed by atoms with van der Waals surface area (Å²) in [6.45, 7) is 0.799. The molecule has 1 aromatic rings. The number of hydrogen-bond acceptors (Lipinski definition) is 3. The predicted molar refractivity (Wildman–Crippen MR) is 54.3 cm³/mol. The summed E-state index contributed by atoms with van der Waals surface area (Å²) in [5.41, 5.74) is 0. The van der Waals surface area contributed by atoms with E-state index >= 15 is 0 Å². The van der Waals surface area contributed by atoms with Crippen LogP contribution in [0.4, 0.5) is 0 Å². The minimum atomic E-state index is 0.0819. The van der Waals surface area contributed by atoms with Crippen LogP contribution in [0.1, 0.15) is 12.8 Å². The molecule has 14 heavy (non-hydrogen) atoms. The summed E-state index contributed by atoms with van der Waals surface area (Å²) in [5, 5.41) is 17.2. The minimum absolute atomic E-state index is 0.0819. The summed E-state index contributed by atoms with van der Waals surface area (Å²) in [7, 11) is 0. The normalized spacial score (nSPS) is 18.4. The van der Waals surface area contributed by atoms with Crippen molar-refractivity contribution in [1.29, 1.82) is 0 Å². The average molecular weight is 216 g/mol. The van der Waals surface area contributed by atoms with Gasteiger partial charge in [0, 0.05) is 12.2 Å². The molecule has 1 fully saturated rings. The van der Waals surface area contributed by atoms with E-state index in [1.807, 2.05) is 0 Å². The maximum absolute atomic E-state index is 9.13. The molecule has 0 spiro atoms. The van der Waals surface area contributed by atoms with Crippen molar-refractivity contribution >= 4 is 11.6 Å². The van der Waals surface area contributed by atoms with Crippen LogP contribution in [0, 0.1) is 0 Å². The van der Waals surface area contributed by atoms with Crippen LogP contribution in [0.25, 0.3) is 0 Å². The van der Waals surface area contributed by atoms with Gasteiger partial charge in [0.15, 0.2) is 0 Å². The summed E-state index contributed by atoms with van der Waals surface area (Å²) in [4.78, 5) is 0. The summed E-state index contributed by atoms with van der Waals surface area (Å²) < 4.78 is 1.75. The zero-order chi connectivity index (χ0) is 9.97. The smallest absolute Gasteiger partial charge is 0.0785 e. The molecule has 1 unspecified atom stereocenters. The van der Waals surface area contributed by atoms with Gasteiger partial charge in [-0.05, 0) is 12.8 Å². The maximum atomic E-state index is 9.13. The van der Waals surface area contributed by atoms with Crippen molar-refractivity contribution in [2.24, 2.45) is 0 Å². The van der Waals surface area contributed by atoms with Crippen molar-refractivity contribution in [1.82, 2.24) is 15.1 Å². The van der Waals surface area contributed by atoms with Crippen molar-refractivity contribution in [2.75, 3.05) is 6.61 Å². The maximum Gasteiger partial charge on any atom is 0.0785 e. The van der Waals surface area contributed by atoms with Crippen LogP contribution in [0.15, 0.2) is 12.4 Å². The van der Waals surface area contributed by atoms with E-state index in [-0.39, 0.29) is 12.6 Å². The van der Waals surface area contributed by atoms with Gasteiger partial charge < -0.3 is 10.4 Å². The van der Waals surface area contributed by atoms with Gasteiger partial charge in [-0.3, -0.25) is 4.68 Å².